The van der Waals surface area contributed by atoms with Crippen molar-refractivity contribution in [3.8, 4) is 0 Å². The molecule has 0 aliphatic rings. The van der Waals surface area contributed by atoms with E-state index in [0.717, 1.165) is 6.42 Å². The van der Waals surface area contributed by atoms with E-state index in [9.17, 15) is 9.59 Å². The Kier molecular flexibility index (Phi) is 4.54. The number of amides is 1. The quantitative estimate of drug-likeness (QED) is 0.582. The van der Waals surface area contributed by atoms with Gasteiger partial charge in [-0.05, 0) is 13.3 Å². The number of rotatable bonds is 4. The van der Waals surface area contributed by atoms with Crippen LogP contribution in [0.5, 0.6) is 0 Å². The minimum Gasteiger partial charge on any atom is -0.356 e. The first kappa shape index (κ1) is 9.14. The maximum Gasteiger partial charge on any atom is 0.216 e. The fourth-order valence-corrected chi connectivity index (χ4v) is 0.602. The highest BCUT2D eigenvalue weighted by atomic mass is 16.1. The zero-order valence-electron chi connectivity index (χ0n) is 6.44. The number of nitrogens with one attached hydrogen (secondary N) is 1. The monoisotopic (exact) mass is 143 g/mol. The van der Waals surface area contributed by atoms with Crippen LogP contribution < -0.4 is 5.32 Å². The third kappa shape index (κ3) is 7.14. The van der Waals surface area contributed by atoms with E-state index in [4.69, 9.17) is 0 Å². The predicted octanol–water partition coefficient (Wildman–Crippen LogP) is 0.492. The minimum atomic E-state index is -0.0384. The van der Waals surface area contributed by atoms with Crippen LogP contribution in [-0.4, -0.2) is 18.2 Å². The number of hydrogen-bond donors (Lipinski definition) is 1. The molecule has 0 heterocycles. The molecule has 0 atom stereocenters. The summed E-state index contributed by atoms with van der Waals surface area (Å²) in [5.74, 6) is 0.133. The molecule has 0 unspecified atom stereocenters. The number of ketones is 1. The zero-order chi connectivity index (χ0) is 7.98. The highest BCUT2D eigenvalue weighted by molar-refractivity contribution is 5.75. The molecule has 1 amide bonds. The second kappa shape index (κ2) is 4.97. The molecule has 0 saturated heterocycles. The predicted molar refractivity (Wildman–Crippen MR) is 38.6 cm³/mol. The number of carbonyl (C=O) groups excluding carboxylic acids is 2. The zero-order valence-corrected chi connectivity index (χ0v) is 6.44. The summed E-state index contributed by atoms with van der Waals surface area (Å²) in [5, 5.41) is 2.61. The van der Waals surface area contributed by atoms with E-state index < -0.39 is 0 Å². The van der Waals surface area contributed by atoms with Crippen molar-refractivity contribution in [1.29, 1.82) is 0 Å². The van der Waals surface area contributed by atoms with E-state index in [1.54, 1.807) is 6.92 Å². The maximum absolute atomic E-state index is 10.4. The Hall–Kier alpha value is -0.860. The Morgan fingerprint density at radius 3 is 2.30 bits per heavy atom. The van der Waals surface area contributed by atoms with Gasteiger partial charge in [0.05, 0.1) is 0 Å². The Labute approximate surface area is 60.8 Å². The van der Waals surface area contributed by atoms with Gasteiger partial charge in [0, 0.05) is 19.9 Å². The smallest absolute Gasteiger partial charge is 0.216 e. The van der Waals surface area contributed by atoms with Crippen LogP contribution in [0.2, 0.25) is 0 Å². The largest absolute Gasteiger partial charge is 0.356 e. The summed E-state index contributed by atoms with van der Waals surface area (Å²) >= 11 is 0. The van der Waals surface area contributed by atoms with Crippen LogP contribution in [0.4, 0.5) is 0 Å². The van der Waals surface area contributed by atoms with Gasteiger partial charge in [-0.3, -0.25) is 4.79 Å². The van der Waals surface area contributed by atoms with E-state index in [1.807, 2.05) is 0 Å². The third-order valence-electron chi connectivity index (χ3n) is 1.08. The Morgan fingerprint density at radius 1 is 1.30 bits per heavy atom. The molecule has 3 nitrogen and oxygen atoms in total. The Morgan fingerprint density at radius 2 is 1.90 bits per heavy atom. The van der Waals surface area contributed by atoms with Crippen LogP contribution in [0.25, 0.3) is 0 Å². The maximum atomic E-state index is 10.4. The van der Waals surface area contributed by atoms with E-state index in [-0.39, 0.29) is 11.7 Å². The molecule has 10 heavy (non-hydrogen) atoms. The van der Waals surface area contributed by atoms with Gasteiger partial charge in [0.15, 0.2) is 0 Å². The van der Waals surface area contributed by atoms with Crippen molar-refractivity contribution in [2.75, 3.05) is 6.54 Å². The second-order valence-corrected chi connectivity index (χ2v) is 2.29. The lowest BCUT2D eigenvalue weighted by atomic mass is 10.2. The molecule has 0 spiro atoms. The van der Waals surface area contributed by atoms with E-state index in [1.165, 1.54) is 6.92 Å². The number of Topliss-reactive ketones (excluding diaryl/α,β-unsaturated/α-hetero) is 1. The first-order valence-corrected chi connectivity index (χ1v) is 3.37. The molecule has 0 fully saturated rings. The summed E-state index contributed by atoms with van der Waals surface area (Å²) in [5.41, 5.74) is 0. The van der Waals surface area contributed by atoms with Gasteiger partial charge in [-0.1, -0.05) is 0 Å². The number of hydrogen-bond acceptors (Lipinski definition) is 2. The molecular formula is C7H13NO2. The van der Waals surface area contributed by atoms with Crippen LogP contribution in [0, 0.1) is 0 Å². The molecule has 0 radical (unpaired) electrons. The molecule has 3 heteroatoms. The first-order chi connectivity index (χ1) is 4.63. The fraction of sp³-hybridized carbons (Fsp3) is 0.714. The summed E-state index contributed by atoms with van der Waals surface area (Å²) in [4.78, 5) is 20.7. The molecule has 58 valence electrons. The van der Waals surface area contributed by atoms with E-state index >= 15 is 0 Å². The SMILES string of the molecule is CC(=O)CCCNC(C)=O. The lowest BCUT2D eigenvalue weighted by Crippen LogP contribution is -2.21. The minimum absolute atomic E-state index is 0.0384. The van der Waals surface area contributed by atoms with E-state index in [2.05, 4.69) is 5.32 Å². The van der Waals surface area contributed by atoms with Crippen LogP contribution in [0.15, 0.2) is 0 Å². The van der Waals surface area contributed by atoms with Crippen LogP contribution in [0.3, 0.4) is 0 Å². The van der Waals surface area contributed by atoms with Crippen molar-refractivity contribution in [2.24, 2.45) is 0 Å². The summed E-state index contributed by atoms with van der Waals surface area (Å²) < 4.78 is 0. The van der Waals surface area contributed by atoms with Gasteiger partial charge in [-0.2, -0.15) is 0 Å². The van der Waals surface area contributed by atoms with Crippen molar-refractivity contribution in [1.82, 2.24) is 5.32 Å². The summed E-state index contributed by atoms with van der Waals surface area (Å²) in [7, 11) is 0. The van der Waals surface area contributed by atoms with Gasteiger partial charge >= 0.3 is 0 Å². The van der Waals surface area contributed by atoms with Gasteiger partial charge in [-0.15, -0.1) is 0 Å². The Bertz CT molecular complexity index is 116. The summed E-state index contributed by atoms with van der Waals surface area (Å²) in [6.45, 7) is 3.62. The molecule has 0 rings (SSSR count). The van der Waals surface area contributed by atoms with Gasteiger partial charge in [0.1, 0.15) is 5.78 Å². The number of carbonyl (C=O) groups is 2. The normalized spacial score (nSPS) is 9.00. The van der Waals surface area contributed by atoms with Crippen LogP contribution in [-0.2, 0) is 9.59 Å². The standard InChI is InChI=1S/C7H13NO2/c1-6(9)4-3-5-8-7(2)10/h3-5H2,1-2H3,(H,8,10). The van der Waals surface area contributed by atoms with Crippen molar-refractivity contribution in [3.63, 3.8) is 0 Å². The lowest BCUT2D eigenvalue weighted by Gasteiger charge is -1.98. The molecule has 0 aromatic rings. The molecule has 0 aliphatic carbocycles. The lowest BCUT2D eigenvalue weighted by molar-refractivity contribution is -0.120. The average molecular weight is 143 g/mol. The highest BCUT2D eigenvalue weighted by Gasteiger charge is 1.93. The van der Waals surface area contributed by atoms with Crippen molar-refractivity contribution in [2.45, 2.75) is 26.7 Å². The van der Waals surface area contributed by atoms with Gasteiger partial charge in [0.2, 0.25) is 5.91 Å². The van der Waals surface area contributed by atoms with E-state index in [0.29, 0.717) is 13.0 Å². The van der Waals surface area contributed by atoms with Gasteiger partial charge in [-0.25, -0.2) is 0 Å². The molecule has 0 saturated carbocycles. The molecule has 1 N–H and O–H groups in total. The molecule has 0 aromatic carbocycles. The van der Waals surface area contributed by atoms with Gasteiger partial charge < -0.3 is 10.1 Å². The van der Waals surface area contributed by atoms with Crippen LogP contribution in [0.1, 0.15) is 26.7 Å². The molecule has 0 aromatic heterocycles. The van der Waals surface area contributed by atoms with Crippen molar-refractivity contribution >= 4 is 11.7 Å². The summed E-state index contributed by atoms with van der Waals surface area (Å²) in [6.07, 6.45) is 1.30. The Balaban J connectivity index is 3.06. The molecule has 0 aliphatic heterocycles. The van der Waals surface area contributed by atoms with Crippen LogP contribution >= 0.6 is 0 Å². The molecule has 0 bridgehead atoms. The highest BCUT2D eigenvalue weighted by Crippen LogP contribution is 1.86. The van der Waals surface area contributed by atoms with Crippen molar-refractivity contribution in [3.05, 3.63) is 0 Å². The van der Waals surface area contributed by atoms with Crippen molar-refractivity contribution < 1.29 is 9.59 Å². The molecular weight excluding hydrogens is 130 g/mol. The fourth-order valence-electron chi connectivity index (χ4n) is 0.602. The first-order valence-electron chi connectivity index (χ1n) is 3.37. The average Bonchev–Trinajstić information content (AvgIpc) is 1.79. The summed E-state index contributed by atoms with van der Waals surface area (Å²) in [6, 6.07) is 0. The topological polar surface area (TPSA) is 46.2 Å². The van der Waals surface area contributed by atoms with Gasteiger partial charge in [0.25, 0.3) is 0 Å². The third-order valence-corrected chi connectivity index (χ3v) is 1.08. The second-order valence-electron chi connectivity index (χ2n) is 2.29.